The van der Waals surface area contributed by atoms with Gasteiger partial charge in [0.15, 0.2) is 18.2 Å². The van der Waals surface area contributed by atoms with Gasteiger partial charge in [-0.2, -0.15) is 0 Å². The molecular weight excluding hydrogens is 889 g/mol. The number of amides is 1. The van der Waals surface area contributed by atoms with E-state index in [2.05, 4.69) is 19.2 Å². The Balaban J connectivity index is 1.34. The molecule has 19 atom stereocenters. The molecule has 3 heterocycles. The van der Waals surface area contributed by atoms with Gasteiger partial charge in [0.1, 0.15) is 29.8 Å². The molecule has 3 saturated heterocycles. The van der Waals surface area contributed by atoms with Crippen molar-refractivity contribution in [3.63, 3.8) is 0 Å². The number of fused-ring (bicyclic) bond motifs is 4. The van der Waals surface area contributed by atoms with Crippen molar-refractivity contribution >= 4 is 30.1 Å². The number of nitrogens with zero attached hydrogens (tertiary/aromatic N) is 1. The van der Waals surface area contributed by atoms with E-state index in [4.69, 9.17) is 33.2 Å². The smallest absolute Gasteiger partial charge is 0.407 e. The van der Waals surface area contributed by atoms with Crippen molar-refractivity contribution in [3.05, 3.63) is 58.4 Å². The zero-order chi connectivity index (χ0) is 49.9. The molecule has 0 radical (unpaired) electrons. The van der Waals surface area contributed by atoms with Gasteiger partial charge in [-0.05, 0) is 82.4 Å². The SMILES string of the molecule is COC(=O)NC1C(C)OC(O[C@H]2C/C=C(\C)[C@@H]3C=C[C@@H]4[C@@H](OC5CC(OC(C)=O)C(O)C(C)O5)[C@@H](C)C[C@H](C)[C@H]4[C@]3(C)C(O)=C3C(=O)O[C@]4(CC(C=O)=C[C@H](O)[C@H]4/C=C\2C)C3=O)CC1(C)N(O)O. The zero-order valence-electron chi connectivity index (χ0n) is 40.3. The number of allylic oxidation sites excluding steroid dienone is 3. The van der Waals surface area contributed by atoms with Crippen molar-refractivity contribution in [2.45, 2.75) is 167 Å². The predicted molar refractivity (Wildman–Crippen MR) is 237 cm³/mol. The number of aliphatic hydroxyl groups is 3. The first-order valence-corrected chi connectivity index (χ1v) is 23.5. The second-order valence-corrected chi connectivity index (χ2v) is 20.5. The van der Waals surface area contributed by atoms with E-state index in [1.165, 1.54) is 27.0 Å². The van der Waals surface area contributed by atoms with Crippen LogP contribution in [0.2, 0.25) is 0 Å². The molecule has 8 unspecified atom stereocenters. The maximum Gasteiger partial charge on any atom is 0.407 e. The third-order valence-electron chi connectivity index (χ3n) is 16.0. The lowest BCUT2D eigenvalue weighted by Crippen LogP contribution is -2.68. The number of rotatable bonds is 8. The Hall–Kier alpha value is -4.31. The van der Waals surface area contributed by atoms with Gasteiger partial charge in [-0.15, -0.1) is 0 Å². The number of hydrogen-bond acceptors (Lipinski definition) is 18. The minimum Gasteiger partial charge on any atom is -0.511 e. The molecule has 1 amide bonds. The lowest BCUT2D eigenvalue weighted by molar-refractivity contribution is -0.390. The lowest BCUT2D eigenvalue weighted by Gasteiger charge is -2.56. The fraction of sp³-hybridized carbons (Fsp3) is 0.694. The molecule has 6 N–H and O–H groups in total. The van der Waals surface area contributed by atoms with Gasteiger partial charge < -0.3 is 53.8 Å². The van der Waals surface area contributed by atoms with Crippen LogP contribution in [0.3, 0.4) is 0 Å². The molecule has 19 nitrogen and oxygen atoms in total. The van der Waals surface area contributed by atoms with Gasteiger partial charge in [0.05, 0.1) is 55.1 Å². The number of hydroxylamine groups is 2. The Morgan fingerprint density at radius 2 is 1.63 bits per heavy atom. The molecule has 1 saturated carbocycles. The second-order valence-electron chi connectivity index (χ2n) is 20.5. The van der Waals surface area contributed by atoms with Crippen LogP contribution < -0.4 is 5.32 Å². The van der Waals surface area contributed by atoms with Crippen molar-refractivity contribution in [2.75, 3.05) is 7.11 Å². The van der Waals surface area contributed by atoms with E-state index in [-0.39, 0.29) is 48.3 Å². The molecule has 4 aliphatic carbocycles. The highest BCUT2D eigenvalue weighted by atomic mass is 16.8. The maximum atomic E-state index is 15.3. The number of nitrogens with one attached hydrogen (secondary N) is 1. The van der Waals surface area contributed by atoms with Crippen molar-refractivity contribution in [1.82, 2.24) is 10.5 Å². The highest BCUT2D eigenvalue weighted by Gasteiger charge is 2.64. The van der Waals surface area contributed by atoms with Gasteiger partial charge in [-0.25, -0.2) is 9.59 Å². The summed E-state index contributed by atoms with van der Waals surface area (Å²) in [6, 6.07) is -0.976. The average Bonchev–Trinajstić information content (AvgIpc) is 3.51. The normalized spacial score (nSPS) is 45.5. The average molecular weight is 957 g/mol. The molecule has 3 aliphatic heterocycles. The van der Waals surface area contributed by atoms with Crippen LogP contribution in [-0.2, 0) is 52.3 Å². The highest BCUT2D eigenvalue weighted by Crippen LogP contribution is 2.61. The lowest BCUT2D eigenvalue weighted by atomic mass is 9.49. The minimum absolute atomic E-state index is 0.00931. The van der Waals surface area contributed by atoms with Crippen molar-refractivity contribution in [2.24, 2.45) is 40.9 Å². The van der Waals surface area contributed by atoms with Crippen LogP contribution in [-0.4, -0.2) is 141 Å². The molecule has 0 aromatic heterocycles. The fourth-order valence-electron chi connectivity index (χ4n) is 12.6. The van der Waals surface area contributed by atoms with Crippen LogP contribution in [0.1, 0.15) is 94.4 Å². The Labute approximate surface area is 396 Å². The number of Topliss-reactive ketones (excluding diaryl/α,β-unsaturated/α-hetero) is 1. The number of carbonyl (C=O) groups excluding carboxylic acids is 5. The standard InChI is InChI=1S/C49H68N2O17/c1-22-11-14-34(66-37-20-47(8,51(60)61)42(27(6)64-37)50-46(59)62-10)23(2)16-32-33(54)17-29(21-52)19-49(32)44(57)38(45(58)68-49)43(56)48(9)31(22)13-12-30-39(48)24(3)15-25(4)41(30)67-36-18-35(65-28(7)53)40(55)26(5)63-36/h11-13,16-17,21,24-27,30-37,39-42,54-56,60-61H,14-15,18-20H2,1-10H3,(H,50,59)/b22-11+,23-16-,43-38?/t24-,25-,26?,27?,30-,31-,32+,33-,34-,35?,36?,37?,39+,40?,41-,42?,47?,48+,49-/m0/s1. The number of alkyl carbamates (subject to hydrolysis) is 1. The zero-order valence-corrected chi connectivity index (χ0v) is 40.3. The fourth-order valence-corrected chi connectivity index (χ4v) is 12.6. The molecule has 1 spiro atoms. The van der Waals surface area contributed by atoms with E-state index < -0.39 is 137 Å². The van der Waals surface area contributed by atoms with Crippen molar-refractivity contribution < 1.29 is 82.9 Å². The van der Waals surface area contributed by atoms with Crippen molar-refractivity contribution in [3.8, 4) is 0 Å². The highest BCUT2D eigenvalue weighted by molar-refractivity contribution is 6.26. The summed E-state index contributed by atoms with van der Waals surface area (Å²) in [6.07, 6.45) is 0.326. The minimum atomic E-state index is -2.14. The summed E-state index contributed by atoms with van der Waals surface area (Å²) in [5, 5.41) is 59.2. The van der Waals surface area contributed by atoms with Crippen LogP contribution in [0.25, 0.3) is 0 Å². The molecule has 7 aliphatic rings. The number of aldehydes is 1. The van der Waals surface area contributed by atoms with E-state index in [9.17, 15) is 44.9 Å². The van der Waals surface area contributed by atoms with Gasteiger partial charge >= 0.3 is 18.0 Å². The van der Waals surface area contributed by atoms with Gasteiger partial charge in [0.2, 0.25) is 5.78 Å². The summed E-state index contributed by atoms with van der Waals surface area (Å²) in [4.78, 5) is 66.4. The van der Waals surface area contributed by atoms with Crippen molar-refractivity contribution in [1.29, 1.82) is 0 Å². The van der Waals surface area contributed by atoms with Gasteiger partial charge in [-0.3, -0.25) is 24.8 Å². The second kappa shape index (κ2) is 19.5. The Morgan fingerprint density at radius 1 is 0.941 bits per heavy atom. The first kappa shape index (κ1) is 51.5. The number of hydrogen-bond donors (Lipinski definition) is 6. The maximum absolute atomic E-state index is 15.3. The number of carbonyl (C=O) groups is 5. The van der Waals surface area contributed by atoms with E-state index in [0.717, 1.165) is 5.57 Å². The summed E-state index contributed by atoms with van der Waals surface area (Å²) in [7, 11) is 1.18. The first-order chi connectivity index (χ1) is 31.9. The molecule has 7 rings (SSSR count). The number of esters is 2. The number of ether oxygens (including phenoxy) is 7. The molecule has 0 aromatic rings. The summed E-state index contributed by atoms with van der Waals surface area (Å²) >= 11 is 0. The number of aliphatic hydroxyl groups excluding tert-OH is 3. The number of ketones is 1. The third-order valence-corrected chi connectivity index (χ3v) is 16.0. The van der Waals surface area contributed by atoms with Crippen LogP contribution in [0.4, 0.5) is 4.79 Å². The van der Waals surface area contributed by atoms with Gasteiger partial charge in [-0.1, -0.05) is 55.9 Å². The Bertz CT molecular complexity index is 2170. The molecule has 4 fully saturated rings. The molecule has 376 valence electrons. The summed E-state index contributed by atoms with van der Waals surface area (Å²) < 4.78 is 42.2. The summed E-state index contributed by atoms with van der Waals surface area (Å²) in [5.41, 5.74) is -4.40. The Kier molecular flexibility index (Phi) is 14.8. The quantitative estimate of drug-likeness (QED) is 0.0490. The molecule has 68 heavy (non-hydrogen) atoms. The molecule has 19 heteroatoms. The van der Waals surface area contributed by atoms with E-state index in [0.29, 0.717) is 18.3 Å². The Morgan fingerprint density at radius 3 is 2.28 bits per heavy atom. The molecule has 2 bridgehead atoms. The van der Waals surface area contributed by atoms with Crippen LogP contribution >= 0.6 is 0 Å². The third kappa shape index (κ3) is 9.02. The largest absolute Gasteiger partial charge is 0.511 e. The van der Waals surface area contributed by atoms with E-state index in [1.54, 1.807) is 26.8 Å². The molecular formula is C49H68N2O17. The van der Waals surface area contributed by atoms with Gasteiger partial charge in [0.25, 0.3) is 0 Å². The molecule has 0 aromatic carbocycles. The summed E-state index contributed by atoms with van der Waals surface area (Å²) in [6.45, 7) is 15.6. The van der Waals surface area contributed by atoms with Crippen LogP contribution in [0.5, 0.6) is 0 Å². The van der Waals surface area contributed by atoms with E-state index >= 15 is 4.79 Å². The van der Waals surface area contributed by atoms with Crippen LogP contribution in [0, 0.1) is 40.9 Å². The van der Waals surface area contributed by atoms with Gasteiger partial charge in [0, 0.05) is 43.4 Å². The van der Waals surface area contributed by atoms with Crippen LogP contribution in [0.15, 0.2) is 58.4 Å². The number of methoxy groups -OCH3 is 1. The monoisotopic (exact) mass is 956 g/mol. The predicted octanol–water partition coefficient (Wildman–Crippen LogP) is 4.46. The topological polar surface area (TPSA) is 266 Å². The van der Waals surface area contributed by atoms with E-state index in [1.807, 2.05) is 32.1 Å². The first-order valence-electron chi connectivity index (χ1n) is 23.5. The summed E-state index contributed by atoms with van der Waals surface area (Å²) in [5.74, 6) is -6.03.